The van der Waals surface area contributed by atoms with Gasteiger partial charge in [-0.15, -0.1) is 0 Å². The van der Waals surface area contributed by atoms with Gasteiger partial charge in [-0.1, -0.05) is 54.6 Å². The smallest absolute Gasteiger partial charge is 0.336 e. The van der Waals surface area contributed by atoms with Gasteiger partial charge in [-0.2, -0.15) is 0 Å². The molecule has 2 atom stereocenters. The van der Waals surface area contributed by atoms with Gasteiger partial charge in [0.2, 0.25) is 0 Å². The van der Waals surface area contributed by atoms with Crippen molar-refractivity contribution >= 4 is 11.8 Å². The maximum absolute atomic E-state index is 14.1. The molecule has 0 fully saturated rings. The van der Waals surface area contributed by atoms with Crippen LogP contribution in [0.1, 0.15) is 55.2 Å². The highest BCUT2D eigenvalue weighted by Gasteiger charge is 2.42. The molecule has 3 aromatic carbocycles. The molecule has 0 unspecified atom stereocenters. The number of methoxy groups -OCH3 is 2. The second-order valence-electron chi connectivity index (χ2n) is 10.8. The molecule has 2 aliphatic rings. The molecular formula is C36H39NO7. The van der Waals surface area contributed by atoms with E-state index in [1.807, 2.05) is 86.6 Å². The first-order chi connectivity index (χ1) is 21.4. The number of para-hydroxylation sites is 1. The molecular weight excluding hydrogens is 558 g/mol. The molecule has 0 aromatic heterocycles. The molecule has 0 saturated carbocycles. The van der Waals surface area contributed by atoms with Gasteiger partial charge in [0.05, 0.1) is 32.3 Å². The second-order valence-corrected chi connectivity index (χ2v) is 10.8. The van der Waals surface area contributed by atoms with Gasteiger partial charge in [0.1, 0.15) is 19.0 Å². The lowest BCUT2D eigenvalue weighted by Crippen LogP contribution is -2.36. The third-order valence-electron chi connectivity index (χ3n) is 8.06. The summed E-state index contributed by atoms with van der Waals surface area (Å²) in [6.45, 7) is 5.03. The van der Waals surface area contributed by atoms with Crippen LogP contribution in [0.4, 0.5) is 0 Å². The minimum atomic E-state index is -0.656. The zero-order valence-electron chi connectivity index (χ0n) is 25.7. The van der Waals surface area contributed by atoms with Crippen LogP contribution in [0, 0.1) is 0 Å². The number of ketones is 1. The number of esters is 1. The monoisotopic (exact) mass is 597 g/mol. The Kier molecular flexibility index (Phi) is 10.0. The summed E-state index contributed by atoms with van der Waals surface area (Å²) >= 11 is 0. The van der Waals surface area contributed by atoms with Crippen molar-refractivity contribution in [1.29, 1.82) is 0 Å². The van der Waals surface area contributed by atoms with E-state index in [9.17, 15) is 9.59 Å². The summed E-state index contributed by atoms with van der Waals surface area (Å²) in [6, 6.07) is 23.3. The van der Waals surface area contributed by atoms with Crippen molar-refractivity contribution in [3.05, 3.63) is 112 Å². The van der Waals surface area contributed by atoms with E-state index in [-0.39, 0.29) is 24.7 Å². The minimum Gasteiger partial charge on any atom is -0.493 e. The van der Waals surface area contributed by atoms with Gasteiger partial charge < -0.3 is 29.0 Å². The first-order valence-corrected chi connectivity index (χ1v) is 14.9. The van der Waals surface area contributed by atoms with Crippen molar-refractivity contribution in [2.24, 2.45) is 0 Å². The Labute approximate surface area is 258 Å². The van der Waals surface area contributed by atoms with E-state index in [1.165, 1.54) is 0 Å². The fourth-order valence-electron chi connectivity index (χ4n) is 5.96. The molecule has 1 N–H and O–H groups in total. The Morgan fingerprint density at radius 1 is 0.886 bits per heavy atom. The Bertz CT molecular complexity index is 1560. The number of carbonyl (C=O) groups is 2. The second kappa shape index (κ2) is 14.3. The first-order valence-electron chi connectivity index (χ1n) is 14.9. The SMILES string of the molecule is CCOCCOC(=O)C1=C(C)NC2=C(C(=O)C[C@H](c3ccc(OC)c(OC)c3)C2)[C@H]1c1ccccc1OCc1ccccc1. The van der Waals surface area contributed by atoms with Gasteiger partial charge >= 0.3 is 5.97 Å². The van der Waals surface area contributed by atoms with Gasteiger partial charge in [-0.25, -0.2) is 4.79 Å². The zero-order chi connectivity index (χ0) is 31.1. The standard InChI is InChI=1S/C36H39NO7/c1-5-42-17-18-43-36(39)33-23(2)37-28-19-26(25-15-16-31(40-3)32(21-25)41-4)20-29(38)35(28)34(33)27-13-9-10-14-30(27)44-22-24-11-7-6-8-12-24/h6-16,21,26,34,37H,5,17-20,22H2,1-4H3/t26-,34+/m1/s1. The van der Waals surface area contributed by atoms with E-state index in [0.717, 1.165) is 22.4 Å². The molecule has 8 heteroatoms. The van der Waals surface area contributed by atoms with Crippen LogP contribution in [0.25, 0.3) is 0 Å². The molecule has 44 heavy (non-hydrogen) atoms. The third kappa shape index (κ3) is 6.65. The van der Waals surface area contributed by atoms with Crippen molar-refractivity contribution in [2.75, 3.05) is 34.0 Å². The van der Waals surface area contributed by atoms with Crippen LogP contribution in [0.3, 0.4) is 0 Å². The minimum absolute atomic E-state index is 0.0338. The molecule has 0 spiro atoms. The molecule has 230 valence electrons. The predicted molar refractivity (Wildman–Crippen MR) is 167 cm³/mol. The molecule has 1 aliphatic carbocycles. The molecule has 0 saturated heterocycles. The molecule has 0 amide bonds. The number of hydrogen-bond acceptors (Lipinski definition) is 8. The third-order valence-corrected chi connectivity index (χ3v) is 8.06. The molecule has 8 nitrogen and oxygen atoms in total. The van der Waals surface area contributed by atoms with E-state index in [4.69, 9.17) is 23.7 Å². The Morgan fingerprint density at radius 2 is 1.64 bits per heavy atom. The Hall–Kier alpha value is -4.56. The predicted octanol–water partition coefficient (Wildman–Crippen LogP) is 6.22. The lowest BCUT2D eigenvalue weighted by molar-refractivity contribution is -0.140. The lowest BCUT2D eigenvalue weighted by Gasteiger charge is -2.37. The maximum Gasteiger partial charge on any atom is 0.336 e. The number of ether oxygens (including phenoxy) is 5. The number of nitrogens with one attached hydrogen (secondary N) is 1. The fraction of sp³-hybridized carbons (Fsp3) is 0.333. The quantitative estimate of drug-likeness (QED) is 0.194. The highest BCUT2D eigenvalue weighted by Crippen LogP contribution is 2.48. The number of Topliss-reactive ketones (excluding diaryl/α,β-unsaturated/α-hetero) is 1. The Balaban J connectivity index is 1.53. The summed E-state index contributed by atoms with van der Waals surface area (Å²) in [5, 5.41) is 3.42. The highest BCUT2D eigenvalue weighted by atomic mass is 16.6. The fourth-order valence-corrected chi connectivity index (χ4v) is 5.96. The molecule has 3 aromatic rings. The van der Waals surface area contributed by atoms with E-state index >= 15 is 0 Å². The Morgan fingerprint density at radius 3 is 2.39 bits per heavy atom. The number of dihydropyridines is 1. The van der Waals surface area contributed by atoms with Crippen LogP contribution in [-0.2, 0) is 25.7 Å². The number of allylic oxidation sites excluding steroid dienone is 3. The van der Waals surface area contributed by atoms with Crippen LogP contribution in [-0.4, -0.2) is 45.8 Å². The summed E-state index contributed by atoms with van der Waals surface area (Å²) in [5.74, 6) is 0.601. The average Bonchev–Trinajstić information content (AvgIpc) is 3.05. The van der Waals surface area contributed by atoms with Crippen molar-refractivity contribution in [2.45, 2.75) is 45.1 Å². The van der Waals surface area contributed by atoms with Crippen molar-refractivity contribution < 1.29 is 33.3 Å². The van der Waals surface area contributed by atoms with Crippen molar-refractivity contribution in [3.63, 3.8) is 0 Å². The molecule has 1 heterocycles. The van der Waals surface area contributed by atoms with Gasteiger partial charge in [-0.05, 0) is 55.5 Å². The zero-order valence-corrected chi connectivity index (χ0v) is 25.7. The molecule has 1 aliphatic heterocycles. The van der Waals surface area contributed by atoms with Gasteiger partial charge in [-0.3, -0.25) is 4.79 Å². The number of hydrogen-bond donors (Lipinski definition) is 1. The van der Waals surface area contributed by atoms with Crippen LogP contribution >= 0.6 is 0 Å². The molecule has 0 radical (unpaired) electrons. The number of rotatable bonds is 12. The number of benzene rings is 3. The summed E-state index contributed by atoms with van der Waals surface area (Å²) < 4.78 is 28.3. The summed E-state index contributed by atoms with van der Waals surface area (Å²) in [7, 11) is 3.20. The summed E-state index contributed by atoms with van der Waals surface area (Å²) in [4.78, 5) is 27.8. The van der Waals surface area contributed by atoms with Gasteiger partial charge in [0.15, 0.2) is 17.3 Å². The molecule has 0 bridgehead atoms. The lowest BCUT2D eigenvalue weighted by atomic mass is 9.71. The van der Waals surface area contributed by atoms with E-state index < -0.39 is 11.9 Å². The van der Waals surface area contributed by atoms with E-state index in [0.29, 0.717) is 60.3 Å². The van der Waals surface area contributed by atoms with Crippen molar-refractivity contribution in [1.82, 2.24) is 5.32 Å². The average molecular weight is 598 g/mol. The summed E-state index contributed by atoms with van der Waals surface area (Å²) in [5.41, 5.74) is 5.15. The molecule has 5 rings (SSSR count). The van der Waals surface area contributed by atoms with Gasteiger partial charge in [0.25, 0.3) is 0 Å². The van der Waals surface area contributed by atoms with E-state index in [1.54, 1.807) is 14.2 Å². The number of carbonyl (C=O) groups excluding carboxylic acids is 2. The van der Waals surface area contributed by atoms with Crippen LogP contribution in [0.5, 0.6) is 17.2 Å². The normalized spacial score (nSPS) is 18.0. The van der Waals surface area contributed by atoms with Crippen LogP contribution in [0.15, 0.2) is 95.3 Å². The van der Waals surface area contributed by atoms with Crippen LogP contribution < -0.4 is 19.5 Å². The van der Waals surface area contributed by atoms with Gasteiger partial charge in [0, 0.05) is 35.6 Å². The van der Waals surface area contributed by atoms with Crippen molar-refractivity contribution in [3.8, 4) is 17.2 Å². The van der Waals surface area contributed by atoms with Crippen LogP contribution in [0.2, 0.25) is 0 Å². The maximum atomic E-state index is 14.1. The van der Waals surface area contributed by atoms with E-state index in [2.05, 4.69) is 5.32 Å². The summed E-state index contributed by atoms with van der Waals surface area (Å²) in [6.07, 6.45) is 0.870. The first kappa shape index (κ1) is 30.9. The topological polar surface area (TPSA) is 92.3 Å². The highest BCUT2D eigenvalue weighted by molar-refractivity contribution is 6.04. The largest absolute Gasteiger partial charge is 0.493 e.